The summed E-state index contributed by atoms with van der Waals surface area (Å²) in [6.07, 6.45) is 0.659. The first-order valence-corrected chi connectivity index (χ1v) is 10.3. The highest BCUT2D eigenvalue weighted by atomic mass is 35.5. The molecule has 1 aromatic carbocycles. The Hall–Kier alpha value is -1.74. The molecule has 0 radical (unpaired) electrons. The Bertz CT molecular complexity index is 985. The second-order valence-corrected chi connectivity index (χ2v) is 9.61. The van der Waals surface area contributed by atoms with Crippen LogP contribution in [0.2, 0.25) is 4.34 Å². The highest BCUT2D eigenvalue weighted by Gasteiger charge is 2.36. The zero-order chi connectivity index (χ0) is 17.4. The molecule has 9 heteroatoms. The van der Waals surface area contributed by atoms with Crippen LogP contribution in [0.1, 0.15) is 18.2 Å². The minimum absolute atomic E-state index is 0.0774. The molecule has 0 bridgehead atoms. The van der Waals surface area contributed by atoms with Gasteiger partial charge in [0.2, 0.25) is 0 Å². The number of halogens is 1. The normalized spacial score (nSPS) is 18.7. The van der Waals surface area contributed by atoms with Gasteiger partial charge in [0.1, 0.15) is 4.21 Å². The number of hydrogen-bond acceptors (Lipinski definition) is 6. The van der Waals surface area contributed by atoms with Crippen molar-refractivity contribution in [3.8, 4) is 11.5 Å². The van der Waals surface area contributed by atoms with Gasteiger partial charge in [-0.05, 0) is 30.7 Å². The number of benzene rings is 1. The second-order valence-electron chi connectivity index (χ2n) is 5.73. The van der Waals surface area contributed by atoms with Crippen LogP contribution in [-0.2, 0) is 10.0 Å². The fourth-order valence-electron chi connectivity index (χ4n) is 2.82. The SMILES string of the molecule is O=S(=O)(c1ccc(Cl)s1)N1CC[C@@H](c2noc(-c3ccccc3)n2)C1. The average Bonchev–Trinajstić information content (AvgIpc) is 3.35. The first-order valence-electron chi connectivity index (χ1n) is 7.68. The lowest BCUT2D eigenvalue weighted by Crippen LogP contribution is -2.28. The first kappa shape index (κ1) is 16.7. The topological polar surface area (TPSA) is 76.3 Å². The van der Waals surface area contributed by atoms with E-state index in [1.54, 1.807) is 6.07 Å². The Morgan fingerprint density at radius 1 is 1.20 bits per heavy atom. The van der Waals surface area contributed by atoms with E-state index in [0.29, 0.717) is 35.6 Å². The molecule has 0 aliphatic carbocycles. The molecule has 0 spiro atoms. The quantitative estimate of drug-likeness (QED) is 0.674. The zero-order valence-corrected chi connectivity index (χ0v) is 15.4. The second kappa shape index (κ2) is 6.53. The highest BCUT2D eigenvalue weighted by Crippen LogP contribution is 2.34. The van der Waals surface area contributed by atoms with E-state index >= 15 is 0 Å². The van der Waals surface area contributed by atoms with Crippen molar-refractivity contribution in [3.63, 3.8) is 0 Å². The summed E-state index contributed by atoms with van der Waals surface area (Å²) in [7, 11) is -3.52. The van der Waals surface area contributed by atoms with E-state index in [-0.39, 0.29) is 10.1 Å². The largest absolute Gasteiger partial charge is 0.334 e. The molecule has 0 unspecified atom stereocenters. The molecule has 1 fully saturated rings. The number of aromatic nitrogens is 2. The van der Waals surface area contributed by atoms with Gasteiger partial charge in [0.15, 0.2) is 5.82 Å². The van der Waals surface area contributed by atoms with E-state index in [1.165, 1.54) is 10.4 Å². The van der Waals surface area contributed by atoms with Crippen LogP contribution in [0, 0.1) is 0 Å². The van der Waals surface area contributed by atoms with Crippen LogP contribution in [0.5, 0.6) is 0 Å². The molecule has 1 atom stereocenters. The van der Waals surface area contributed by atoms with Gasteiger partial charge >= 0.3 is 0 Å². The molecule has 1 aliphatic rings. The third-order valence-corrected chi connectivity index (χ3v) is 7.69. The predicted molar refractivity (Wildman–Crippen MR) is 95.2 cm³/mol. The fraction of sp³-hybridized carbons (Fsp3) is 0.250. The Labute approximate surface area is 154 Å². The molecule has 2 aromatic heterocycles. The summed E-state index contributed by atoms with van der Waals surface area (Å²) in [5.41, 5.74) is 0.844. The Morgan fingerprint density at radius 2 is 2.00 bits per heavy atom. The molecule has 4 rings (SSSR count). The predicted octanol–water partition coefficient (Wildman–Crippen LogP) is 3.63. The molecule has 0 N–H and O–H groups in total. The van der Waals surface area contributed by atoms with Gasteiger partial charge in [0.25, 0.3) is 15.9 Å². The Balaban J connectivity index is 1.52. The fourth-order valence-corrected chi connectivity index (χ4v) is 5.96. The standard InChI is InChI=1S/C16H14ClN3O3S2/c17-13-6-7-14(24-13)25(21,22)20-9-8-12(10-20)15-18-16(23-19-15)11-4-2-1-3-5-11/h1-7,12H,8-10H2/t12-/m1/s1. The van der Waals surface area contributed by atoms with Crippen molar-refractivity contribution in [2.45, 2.75) is 16.5 Å². The van der Waals surface area contributed by atoms with Crippen molar-refractivity contribution < 1.29 is 12.9 Å². The van der Waals surface area contributed by atoms with E-state index < -0.39 is 10.0 Å². The summed E-state index contributed by atoms with van der Waals surface area (Å²) in [5, 5.41) is 4.04. The minimum Gasteiger partial charge on any atom is -0.334 e. The maximum atomic E-state index is 12.7. The van der Waals surface area contributed by atoms with Crippen molar-refractivity contribution in [2.75, 3.05) is 13.1 Å². The molecule has 0 amide bonds. The Kier molecular flexibility index (Phi) is 4.36. The van der Waals surface area contributed by atoms with Gasteiger partial charge in [-0.2, -0.15) is 9.29 Å². The van der Waals surface area contributed by atoms with Gasteiger partial charge in [-0.3, -0.25) is 0 Å². The Morgan fingerprint density at radius 3 is 2.72 bits per heavy atom. The molecule has 1 saturated heterocycles. The molecule has 130 valence electrons. The van der Waals surface area contributed by atoms with Crippen LogP contribution in [0.4, 0.5) is 0 Å². The van der Waals surface area contributed by atoms with E-state index in [2.05, 4.69) is 10.1 Å². The van der Waals surface area contributed by atoms with Crippen molar-refractivity contribution in [3.05, 3.63) is 52.6 Å². The van der Waals surface area contributed by atoms with Gasteiger partial charge in [-0.25, -0.2) is 8.42 Å². The van der Waals surface area contributed by atoms with Crippen LogP contribution >= 0.6 is 22.9 Å². The molecule has 3 heterocycles. The minimum atomic E-state index is -3.52. The summed E-state index contributed by atoms with van der Waals surface area (Å²) in [6.45, 7) is 0.767. The lowest BCUT2D eigenvalue weighted by molar-refractivity contribution is 0.414. The third kappa shape index (κ3) is 3.22. The molecule has 0 saturated carbocycles. The van der Waals surface area contributed by atoms with Crippen molar-refractivity contribution >= 4 is 33.0 Å². The number of thiophene rings is 1. The summed E-state index contributed by atoms with van der Waals surface area (Å²) in [4.78, 5) is 4.44. The van der Waals surface area contributed by atoms with Gasteiger partial charge in [0.05, 0.1) is 4.34 Å². The molecule has 6 nitrogen and oxygen atoms in total. The van der Waals surface area contributed by atoms with Crippen molar-refractivity contribution in [1.29, 1.82) is 0 Å². The van der Waals surface area contributed by atoms with Crippen LogP contribution in [0.3, 0.4) is 0 Å². The van der Waals surface area contributed by atoms with Crippen molar-refractivity contribution in [1.82, 2.24) is 14.4 Å². The highest BCUT2D eigenvalue weighted by molar-refractivity contribution is 7.91. The summed E-state index contributed by atoms with van der Waals surface area (Å²) < 4.78 is 32.8. The van der Waals surface area contributed by atoms with Gasteiger partial charge in [-0.15, -0.1) is 11.3 Å². The molecule has 25 heavy (non-hydrogen) atoms. The lowest BCUT2D eigenvalue weighted by Gasteiger charge is -2.14. The maximum absolute atomic E-state index is 12.7. The molecule has 3 aromatic rings. The molecule has 1 aliphatic heterocycles. The van der Waals surface area contributed by atoms with Crippen molar-refractivity contribution in [2.24, 2.45) is 0 Å². The zero-order valence-electron chi connectivity index (χ0n) is 13.0. The molecular formula is C16H14ClN3O3S2. The maximum Gasteiger partial charge on any atom is 0.257 e. The van der Waals surface area contributed by atoms with Gasteiger partial charge < -0.3 is 4.52 Å². The average molecular weight is 396 g/mol. The number of sulfonamides is 1. The third-order valence-electron chi connectivity index (χ3n) is 4.12. The van der Waals surface area contributed by atoms with E-state index in [4.69, 9.17) is 16.1 Å². The van der Waals surface area contributed by atoms with Crippen LogP contribution < -0.4 is 0 Å². The van der Waals surface area contributed by atoms with E-state index in [0.717, 1.165) is 16.9 Å². The number of nitrogens with zero attached hydrogens (tertiary/aromatic N) is 3. The summed E-state index contributed by atoms with van der Waals surface area (Å²) in [6, 6.07) is 12.6. The summed E-state index contributed by atoms with van der Waals surface area (Å²) >= 11 is 6.93. The monoisotopic (exact) mass is 395 g/mol. The smallest absolute Gasteiger partial charge is 0.257 e. The lowest BCUT2D eigenvalue weighted by atomic mass is 10.1. The van der Waals surface area contributed by atoms with E-state index in [1.807, 2.05) is 30.3 Å². The molecular weight excluding hydrogens is 382 g/mol. The van der Waals surface area contributed by atoms with Crippen LogP contribution in [0.15, 0.2) is 51.2 Å². The van der Waals surface area contributed by atoms with Gasteiger partial charge in [-0.1, -0.05) is 35.0 Å². The summed E-state index contributed by atoms with van der Waals surface area (Å²) in [5.74, 6) is 0.911. The number of hydrogen-bond donors (Lipinski definition) is 0. The number of rotatable bonds is 4. The first-order chi connectivity index (χ1) is 12.0. The van der Waals surface area contributed by atoms with Crippen LogP contribution in [-0.4, -0.2) is 36.0 Å². The van der Waals surface area contributed by atoms with Crippen LogP contribution in [0.25, 0.3) is 11.5 Å². The van der Waals surface area contributed by atoms with E-state index in [9.17, 15) is 8.42 Å². The van der Waals surface area contributed by atoms with Gasteiger partial charge in [0, 0.05) is 24.6 Å².